The number of nitrogens with zero attached hydrogens (tertiary/aromatic N) is 4. The summed E-state index contributed by atoms with van der Waals surface area (Å²) >= 11 is 0. The average molecular weight is 430 g/mol. The fraction of sp³-hybridized carbons (Fsp3) is 0.143. The molecule has 1 aromatic carbocycles. The molecule has 0 amide bonds. The molecule has 4 nitrogen and oxygen atoms in total. The molecule has 3 rings (SSSR count). The van der Waals surface area contributed by atoms with Crippen LogP contribution in [-0.4, -0.2) is 24.1 Å². The van der Waals surface area contributed by atoms with Crippen molar-refractivity contribution in [1.82, 2.24) is 15.0 Å². The molecular weight excluding hydrogens is 416 g/mol. The zero-order valence-electron chi connectivity index (χ0n) is 10.7. The van der Waals surface area contributed by atoms with Gasteiger partial charge in [-0.2, -0.15) is 0 Å². The van der Waals surface area contributed by atoms with Crippen molar-refractivity contribution < 1.29 is 20.1 Å². The van der Waals surface area contributed by atoms with Gasteiger partial charge in [-0.05, 0) is 29.0 Å². The molecule has 0 aliphatic rings. The Bertz CT molecular complexity index is 657. The van der Waals surface area contributed by atoms with Gasteiger partial charge in [-0.1, -0.05) is 24.3 Å². The first-order chi connectivity index (χ1) is 8.74. The van der Waals surface area contributed by atoms with E-state index in [0.717, 1.165) is 22.4 Å². The zero-order chi connectivity index (χ0) is 12.5. The van der Waals surface area contributed by atoms with Crippen LogP contribution in [-0.2, 0) is 20.1 Å². The molecule has 0 saturated heterocycles. The first-order valence-electron chi connectivity index (χ1n) is 5.77. The molecule has 0 saturated carbocycles. The summed E-state index contributed by atoms with van der Waals surface area (Å²) in [5, 5.41) is 0. The summed E-state index contributed by atoms with van der Waals surface area (Å²) in [5.74, 6) is 0.680. The Balaban J connectivity index is 0.00000133. The first-order valence-corrected chi connectivity index (χ1v) is 5.77. The zero-order valence-corrected chi connectivity index (χ0v) is 13.1. The molecule has 99 valence electrons. The van der Waals surface area contributed by atoms with Crippen LogP contribution in [0.3, 0.4) is 0 Å². The van der Waals surface area contributed by atoms with Crippen LogP contribution >= 0.6 is 0 Å². The number of benzene rings is 1. The Morgan fingerprint density at radius 2 is 1.89 bits per heavy atom. The molecule has 2 heterocycles. The van der Waals surface area contributed by atoms with Crippen molar-refractivity contribution >= 4 is 16.7 Å². The smallest absolute Gasteiger partial charge is 0.0641 e. The first kappa shape index (κ1) is 13.7. The molecule has 0 atom stereocenters. The predicted molar refractivity (Wildman–Crippen MR) is 72.6 cm³/mol. The van der Waals surface area contributed by atoms with Gasteiger partial charge in [0.1, 0.15) is 0 Å². The largest absolute Gasteiger partial charge is 0.434 e. The van der Waals surface area contributed by atoms with Crippen LogP contribution in [0.25, 0.3) is 22.6 Å². The van der Waals surface area contributed by atoms with Gasteiger partial charge >= 0.3 is 0 Å². The Hall–Kier alpha value is -1.71. The van der Waals surface area contributed by atoms with E-state index in [0.29, 0.717) is 5.82 Å². The van der Waals surface area contributed by atoms with E-state index >= 15 is 0 Å². The second-order valence-corrected chi connectivity index (χ2v) is 4.33. The van der Waals surface area contributed by atoms with Gasteiger partial charge in [0.2, 0.25) is 0 Å². The molecule has 5 heteroatoms. The maximum absolute atomic E-state index is 4.49. The monoisotopic (exact) mass is 430 g/mol. The topological polar surface area (TPSA) is 43.1 Å². The van der Waals surface area contributed by atoms with E-state index in [9.17, 15) is 0 Å². The van der Waals surface area contributed by atoms with Crippen LogP contribution in [0.4, 0.5) is 5.69 Å². The van der Waals surface area contributed by atoms with Gasteiger partial charge < -0.3 is 14.9 Å². The van der Waals surface area contributed by atoms with Crippen LogP contribution in [0.5, 0.6) is 0 Å². The Morgan fingerprint density at radius 3 is 2.63 bits per heavy atom. The number of rotatable bonds is 2. The SMILES string of the molecule is CN(C)c1ccnc(-c2nc3ccccc3[n-]2)c1.[Ir]. The van der Waals surface area contributed by atoms with Crippen molar-refractivity contribution in [2.75, 3.05) is 19.0 Å². The number of aromatic nitrogens is 3. The van der Waals surface area contributed by atoms with Crippen molar-refractivity contribution in [2.45, 2.75) is 0 Å². The number of fused-ring (bicyclic) bond motifs is 1. The van der Waals surface area contributed by atoms with E-state index < -0.39 is 0 Å². The molecule has 19 heavy (non-hydrogen) atoms. The summed E-state index contributed by atoms with van der Waals surface area (Å²) in [6.07, 6.45) is 1.78. The molecular formula is C14H13IrN4-. The van der Waals surface area contributed by atoms with Crippen molar-refractivity contribution in [2.24, 2.45) is 0 Å². The molecule has 0 unspecified atom stereocenters. The molecule has 0 aliphatic carbocycles. The second-order valence-electron chi connectivity index (χ2n) is 4.33. The molecule has 0 bridgehead atoms. The van der Waals surface area contributed by atoms with Crippen LogP contribution in [0, 0.1) is 0 Å². The fourth-order valence-electron chi connectivity index (χ4n) is 1.84. The molecule has 3 aromatic rings. The maximum Gasteiger partial charge on any atom is 0.0641 e. The average Bonchev–Trinajstić information content (AvgIpc) is 2.82. The van der Waals surface area contributed by atoms with Crippen LogP contribution < -0.4 is 9.88 Å². The van der Waals surface area contributed by atoms with E-state index in [1.807, 2.05) is 55.4 Å². The summed E-state index contributed by atoms with van der Waals surface area (Å²) in [5.41, 5.74) is 3.71. The number of para-hydroxylation sites is 2. The van der Waals surface area contributed by atoms with Crippen molar-refractivity contribution in [1.29, 1.82) is 0 Å². The Kier molecular flexibility index (Phi) is 3.98. The second kappa shape index (κ2) is 5.51. The summed E-state index contributed by atoms with van der Waals surface area (Å²) in [6, 6.07) is 11.8. The number of hydrogen-bond acceptors (Lipinski definition) is 3. The van der Waals surface area contributed by atoms with E-state index in [1.165, 1.54) is 0 Å². The molecule has 0 spiro atoms. The standard InChI is InChI=1S/C14H13N4.Ir/c1-18(2)10-7-8-15-13(9-10)14-16-11-5-3-4-6-12(11)17-14;/h3-9H,1-2H3;/q-1;. The minimum atomic E-state index is 0. The summed E-state index contributed by atoms with van der Waals surface area (Å²) < 4.78 is 0. The number of imidazole rings is 1. The third-order valence-corrected chi connectivity index (χ3v) is 2.82. The van der Waals surface area contributed by atoms with Crippen molar-refractivity contribution in [3.8, 4) is 11.5 Å². The number of anilines is 1. The minimum absolute atomic E-state index is 0. The molecule has 0 fully saturated rings. The Labute approximate surface area is 125 Å². The van der Waals surface area contributed by atoms with Gasteiger partial charge in [0, 0.05) is 46.1 Å². The third kappa shape index (κ3) is 2.67. The minimum Gasteiger partial charge on any atom is -0.434 e. The predicted octanol–water partition coefficient (Wildman–Crippen LogP) is 2.32. The summed E-state index contributed by atoms with van der Waals surface area (Å²) in [4.78, 5) is 15.4. The number of pyridine rings is 1. The van der Waals surface area contributed by atoms with Crippen LogP contribution in [0.15, 0.2) is 42.6 Å². The van der Waals surface area contributed by atoms with Gasteiger partial charge in [0.15, 0.2) is 0 Å². The van der Waals surface area contributed by atoms with Crippen LogP contribution in [0.2, 0.25) is 0 Å². The van der Waals surface area contributed by atoms with E-state index in [1.54, 1.807) is 6.20 Å². The molecule has 1 radical (unpaired) electrons. The van der Waals surface area contributed by atoms with Gasteiger partial charge in [-0.15, -0.1) is 0 Å². The van der Waals surface area contributed by atoms with E-state index in [4.69, 9.17) is 0 Å². The van der Waals surface area contributed by atoms with Crippen LogP contribution in [0.1, 0.15) is 0 Å². The summed E-state index contributed by atoms with van der Waals surface area (Å²) in [7, 11) is 4.00. The normalized spacial score (nSPS) is 10.2. The Morgan fingerprint density at radius 1 is 1.11 bits per heavy atom. The third-order valence-electron chi connectivity index (χ3n) is 2.82. The van der Waals surface area contributed by atoms with Gasteiger partial charge in [0.05, 0.1) is 5.69 Å². The molecule has 0 N–H and O–H groups in total. The summed E-state index contributed by atoms with van der Waals surface area (Å²) in [6.45, 7) is 0. The fourth-order valence-corrected chi connectivity index (χ4v) is 1.84. The van der Waals surface area contributed by atoms with Crippen molar-refractivity contribution in [3.05, 3.63) is 42.6 Å². The van der Waals surface area contributed by atoms with Gasteiger partial charge in [-0.3, -0.25) is 4.98 Å². The quantitative estimate of drug-likeness (QED) is 0.627. The van der Waals surface area contributed by atoms with Gasteiger partial charge in [-0.25, -0.2) is 0 Å². The molecule has 0 aliphatic heterocycles. The number of hydrogen-bond donors (Lipinski definition) is 0. The molecule has 2 aromatic heterocycles. The van der Waals surface area contributed by atoms with Crippen molar-refractivity contribution in [3.63, 3.8) is 0 Å². The van der Waals surface area contributed by atoms with Gasteiger partial charge in [0.25, 0.3) is 0 Å². The van der Waals surface area contributed by atoms with E-state index in [2.05, 4.69) is 15.0 Å². The van der Waals surface area contributed by atoms with E-state index in [-0.39, 0.29) is 20.1 Å². The maximum atomic E-state index is 4.49.